The molecule has 64 valence electrons. The molecule has 0 heterocycles. The standard InChI is InChI=1S/C9H16O2/c1-2-9(11)6-3-4-8(9)5-7-10/h2,8,10-11H,1,3-7H2/t8-,9+/m0/s1. The van der Waals surface area contributed by atoms with E-state index >= 15 is 0 Å². The zero-order chi connectivity index (χ0) is 8.32. The molecule has 0 aromatic rings. The van der Waals surface area contributed by atoms with Crippen molar-refractivity contribution < 1.29 is 10.2 Å². The average molecular weight is 156 g/mol. The van der Waals surface area contributed by atoms with Crippen molar-refractivity contribution in [3.8, 4) is 0 Å². The van der Waals surface area contributed by atoms with Gasteiger partial charge in [0.2, 0.25) is 0 Å². The molecule has 0 bridgehead atoms. The van der Waals surface area contributed by atoms with Gasteiger partial charge in [-0.1, -0.05) is 6.08 Å². The van der Waals surface area contributed by atoms with E-state index in [4.69, 9.17) is 5.11 Å². The van der Waals surface area contributed by atoms with Gasteiger partial charge in [-0.2, -0.15) is 0 Å². The highest BCUT2D eigenvalue weighted by Gasteiger charge is 2.37. The van der Waals surface area contributed by atoms with E-state index < -0.39 is 5.60 Å². The molecule has 11 heavy (non-hydrogen) atoms. The van der Waals surface area contributed by atoms with Crippen LogP contribution in [0.1, 0.15) is 25.7 Å². The summed E-state index contributed by atoms with van der Waals surface area (Å²) in [6, 6.07) is 0. The fourth-order valence-electron chi connectivity index (χ4n) is 1.90. The van der Waals surface area contributed by atoms with Gasteiger partial charge in [0, 0.05) is 6.61 Å². The summed E-state index contributed by atoms with van der Waals surface area (Å²) in [5, 5.41) is 18.6. The minimum atomic E-state index is -0.692. The molecule has 1 aliphatic carbocycles. The first-order valence-electron chi connectivity index (χ1n) is 4.20. The van der Waals surface area contributed by atoms with E-state index in [0.29, 0.717) is 6.42 Å². The van der Waals surface area contributed by atoms with E-state index in [9.17, 15) is 5.11 Å². The highest BCUT2D eigenvalue weighted by atomic mass is 16.3. The van der Waals surface area contributed by atoms with Crippen molar-refractivity contribution in [2.75, 3.05) is 6.61 Å². The third kappa shape index (κ3) is 1.63. The van der Waals surface area contributed by atoms with E-state index in [-0.39, 0.29) is 12.5 Å². The lowest BCUT2D eigenvalue weighted by atomic mass is 9.89. The molecule has 1 aliphatic rings. The van der Waals surface area contributed by atoms with Crippen LogP contribution in [-0.4, -0.2) is 22.4 Å². The van der Waals surface area contributed by atoms with Gasteiger partial charge in [-0.3, -0.25) is 0 Å². The van der Waals surface area contributed by atoms with Crippen molar-refractivity contribution in [1.29, 1.82) is 0 Å². The topological polar surface area (TPSA) is 40.5 Å². The van der Waals surface area contributed by atoms with Crippen LogP contribution in [0, 0.1) is 5.92 Å². The monoisotopic (exact) mass is 156 g/mol. The fourth-order valence-corrected chi connectivity index (χ4v) is 1.90. The van der Waals surface area contributed by atoms with E-state index in [1.807, 2.05) is 0 Å². The molecule has 2 heteroatoms. The Balaban J connectivity index is 2.56. The molecule has 2 nitrogen and oxygen atoms in total. The average Bonchev–Trinajstić information content (AvgIpc) is 2.35. The van der Waals surface area contributed by atoms with E-state index in [1.165, 1.54) is 0 Å². The highest BCUT2D eigenvalue weighted by molar-refractivity contribution is 5.03. The summed E-state index contributed by atoms with van der Waals surface area (Å²) >= 11 is 0. The molecule has 1 rings (SSSR count). The molecule has 0 amide bonds. The Hall–Kier alpha value is -0.340. The normalized spacial score (nSPS) is 37.5. The molecule has 0 aliphatic heterocycles. The van der Waals surface area contributed by atoms with Crippen LogP contribution >= 0.6 is 0 Å². The second-order valence-corrected chi connectivity index (χ2v) is 3.30. The number of hydrogen-bond acceptors (Lipinski definition) is 2. The zero-order valence-corrected chi connectivity index (χ0v) is 6.79. The molecule has 0 spiro atoms. The van der Waals surface area contributed by atoms with Crippen molar-refractivity contribution in [3.05, 3.63) is 12.7 Å². The van der Waals surface area contributed by atoms with Crippen LogP contribution in [0.15, 0.2) is 12.7 Å². The van der Waals surface area contributed by atoms with Gasteiger partial charge in [0.1, 0.15) is 0 Å². The predicted molar refractivity (Wildman–Crippen MR) is 44.2 cm³/mol. The maximum atomic E-state index is 9.86. The van der Waals surface area contributed by atoms with Crippen molar-refractivity contribution in [3.63, 3.8) is 0 Å². The summed E-state index contributed by atoms with van der Waals surface area (Å²) < 4.78 is 0. The summed E-state index contributed by atoms with van der Waals surface area (Å²) in [4.78, 5) is 0. The molecule has 0 aromatic carbocycles. The largest absolute Gasteiger partial charge is 0.396 e. The van der Waals surface area contributed by atoms with Gasteiger partial charge < -0.3 is 10.2 Å². The molecule has 0 unspecified atom stereocenters. The Morgan fingerprint density at radius 1 is 1.64 bits per heavy atom. The molecule has 2 atom stereocenters. The molecule has 2 N–H and O–H groups in total. The van der Waals surface area contributed by atoms with Crippen molar-refractivity contribution in [2.24, 2.45) is 5.92 Å². The lowest BCUT2D eigenvalue weighted by Gasteiger charge is -2.25. The van der Waals surface area contributed by atoms with Crippen LogP contribution in [0.25, 0.3) is 0 Å². The minimum Gasteiger partial charge on any atom is -0.396 e. The quantitative estimate of drug-likeness (QED) is 0.600. The maximum absolute atomic E-state index is 9.86. The second-order valence-electron chi connectivity index (χ2n) is 3.30. The Kier molecular flexibility index (Phi) is 2.68. The van der Waals surface area contributed by atoms with Crippen LogP contribution in [-0.2, 0) is 0 Å². The zero-order valence-electron chi connectivity index (χ0n) is 6.79. The number of rotatable bonds is 3. The van der Waals surface area contributed by atoms with E-state index in [1.54, 1.807) is 6.08 Å². The Morgan fingerprint density at radius 2 is 2.36 bits per heavy atom. The minimum absolute atomic E-state index is 0.167. The molecule has 0 aromatic heterocycles. The maximum Gasteiger partial charge on any atom is 0.0853 e. The first kappa shape index (κ1) is 8.75. The van der Waals surface area contributed by atoms with Crippen LogP contribution in [0.3, 0.4) is 0 Å². The summed E-state index contributed by atoms with van der Waals surface area (Å²) in [5.74, 6) is 0.227. The Labute approximate surface area is 67.6 Å². The van der Waals surface area contributed by atoms with Gasteiger partial charge in [0.25, 0.3) is 0 Å². The molecule has 1 fully saturated rings. The van der Waals surface area contributed by atoms with Gasteiger partial charge in [0.15, 0.2) is 0 Å². The van der Waals surface area contributed by atoms with Gasteiger partial charge in [0.05, 0.1) is 5.60 Å². The van der Waals surface area contributed by atoms with Crippen molar-refractivity contribution in [1.82, 2.24) is 0 Å². The second kappa shape index (κ2) is 3.37. The van der Waals surface area contributed by atoms with E-state index in [2.05, 4.69) is 6.58 Å². The number of aliphatic hydroxyl groups excluding tert-OH is 1. The molecule has 1 saturated carbocycles. The Bertz CT molecular complexity index is 144. The lowest BCUT2D eigenvalue weighted by Crippen LogP contribution is -2.30. The third-order valence-corrected chi connectivity index (χ3v) is 2.67. The van der Waals surface area contributed by atoms with Crippen LogP contribution in [0.5, 0.6) is 0 Å². The first-order valence-corrected chi connectivity index (χ1v) is 4.20. The van der Waals surface area contributed by atoms with Crippen molar-refractivity contribution in [2.45, 2.75) is 31.3 Å². The molecular weight excluding hydrogens is 140 g/mol. The smallest absolute Gasteiger partial charge is 0.0853 e. The predicted octanol–water partition coefficient (Wildman–Crippen LogP) is 1.09. The first-order chi connectivity index (χ1) is 5.23. The third-order valence-electron chi connectivity index (χ3n) is 2.67. The van der Waals surface area contributed by atoms with Gasteiger partial charge in [-0.15, -0.1) is 6.58 Å². The van der Waals surface area contributed by atoms with Crippen LogP contribution < -0.4 is 0 Å². The SMILES string of the molecule is C=C[C@@]1(O)CCC[C@H]1CCO. The van der Waals surface area contributed by atoms with Gasteiger partial charge in [-0.25, -0.2) is 0 Å². The summed E-state index contributed by atoms with van der Waals surface area (Å²) in [7, 11) is 0. The summed E-state index contributed by atoms with van der Waals surface area (Å²) in [6.45, 7) is 3.78. The number of hydrogen-bond donors (Lipinski definition) is 2. The lowest BCUT2D eigenvalue weighted by molar-refractivity contribution is 0.0398. The van der Waals surface area contributed by atoms with Crippen LogP contribution in [0.4, 0.5) is 0 Å². The fraction of sp³-hybridized carbons (Fsp3) is 0.778. The van der Waals surface area contributed by atoms with Crippen LogP contribution in [0.2, 0.25) is 0 Å². The molecular formula is C9H16O2. The van der Waals surface area contributed by atoms with E-state index in [0.717, 1.165) is 19.3 Å². The van der Waals surface area contributed by atoms with Gasteiger partial charge >= 0.3 is 0 Å². The summed E-state index contributed by atoms with van der Waals surface area (Å²) in [5.41, 5.74) is -0.692. The van der Waals surface area contributed by atoms with Gasteiger partial charge in [-0.05, 0) is 31.6 Å². The molecule has 0 radical (unpaired) electrons. The number of aliphatic hydroxyl groups is 2. The highest BCUT2D eigenvalue weighted by Crippen LogP contribution is 2.38. The Morgan fingerprint density at radius 3 is 2.91 bits per heavy atom. The molecule has 0 saturated heterocycles. The van der Waals surface area contributed by atoms with Crippen molar-refractivity contribution >= 4 is 0 Å². The summed E-state index contributed by atoms with van der Waals surface area (Å²) in [6.07, 6.45) is 5.19.